The predicted molar refractivity (Wildman–Crippen MR) is 68.2 cm³/mol. The lowest BCUT2D eigenvalue weighted by atomic mass is 9.89. The van der Waals surface area contributed by atoms with E-state index in [2.05, 4.69) is 5.32 Å². The van der Waals surface area contributed by atoms with Crippen molar-refractivity contribution in [1.29, 1.82) is 0 Å². The van der Waals surface area contributed by atoms with Gasteiger partial charge in [0.15, 0.2) is 0 Å². The van der Waals surface area contributed by atoms with E-state index in [9.17, 15) is 19.8 Å². The van der Waals surface area contributed by atoms with Gasteiger partial charge in [0.1, 0.15) is 5.54 Å². The van der Waals surface area contributed by atoms with Gasteiger partial charge < -0.3 is 20.3 Å². The maximum absolute atomic E-state index is 12.0. The number of carboxylic acids is 1. The summed E-state index contributed by atoms with van der Waals surface area (Å²) in [5.74, 6) is -2.03. The highest BCUT2D eigenvalue weighted by atomic mass is 16.4. The van der Waals surface area contributed by atoms with E-state index >= 15 is 0 Å². The summed E-state index contributed by atoms with van der Waals surface area (Å²) in [6.07, 6.45) is 0.102. The molecule has 0 aliphatic rings. The Labute approximate surface area is 112 Å². The summed E-state index contributed by atoms with van der Waals surface area (Å²) in [5, 5.41) is 23.0. The first kappa shape index (κ1) is 15.2. The fraction of sp³-hybridized carbons (Fsp3) is 0.429. The van der Waals surface area contributed by atoms with Gasteiger partial charge in [0.2, 0.25) is 0 Å². The average Bonchev–Trinajstić information content (AvgIpc) is 2.38. The Hall–Kier alpha value is -1.88. The van der Waals surface area contributed by atoms with Crippen LogP contribution in [0.2, 0.25) is 0 Å². The Morgan fingerprint density at radius 3 is 2.32 bits per heavy atom. The van der Waals surface area contributed by atoms with Gasteiger partial charge in [0, 0.05) is 5.56 Å². The summed E-state index contributed by atoms with van der Waals surface area (Å²) in [6.45, 7) is 2.91. The van der Waals surface area contributed by atoms with E-state index in [1.54, 1.807) is 30.3 Å². The molecule has 1 aromatic rings. The van der Waals surface area contributed by atoms with E-state index < -0.39 is 24.0 Å². The Bertz CT molecular complexity index is 444. The number of hydrogen-bond acceptors (Lipinski definition) is 4. The van der Waals surface area contributed by atoms with Crippen molar-refractivity contribution < 1.29 is 19.8 Å². The minimum absolute atomic E-state index is 0.0128. The minimum atomic E-state index is -1.75. The van der Waals surface area contributed by atoms with E-state index in [0.29, 0.717) is 5.56 Å². The second-order valence-corrected chi connectivity index (χ2v) is 4.95. The van der Waals surface area contributed by atoms with Crippen LogP contribution in [-0.4, -0.2) is 29.1 Å². The standard InChI is InChI=1S/C14H19NO4/c1-10(2)8-14(9-16,13(18)19)15-12(17)11-6-4-3-5-7-11/h3-7,10,16H,8-9H2,1-2H3,(H,15,17)(H,18,19)/p-1/t14-/m0/s1. The van der Waals surface area contributed by atoms with Crippen LogP contribution in [-0.2, 0) is 4.79 Å². The van der Waals surface area contributed by atoms with Gasteiger partial charge in [-0.15, -0.1) is 0 Å². The molecule has 0 radical (unpaired) electrons. The molecular weight excluding hydrogens is 246 g/mol. The average molecular weight is 264 g/mol. The maximum atomic E-state index is 12.0. The predicted octanol–water partition coefficient (Wildman–Crippen LogP) is -0.0565. The second-order valence-electron chi connectivity index (χ2n) is 4.95. The van der Waals surface area contributed by atoms with Gasteiger partial charge >= 0.3 is 0 Å². The second kappa shape index (κ2) is 6.33. The zero-order valence-corrected chi connectivity index (χ0v) is 11.1. The van der Waals surface area contributed by atoms with Crippen LogP contribution in [0.25, 0.3) is 0 Å². The van der Waals surface area contributed by atoms with Crippen molar-refractivity contribution in [2.45, 2.75) is 25.8 Å². The molecule has 0 saturated carbocycles. The molecule has 104 valence electrons. The van der Waals surface area contributed by atoms with Gasteiger partial charge in [-0.2, -0.15) is 0 Å². The van der Waals surface area contributed by atoms with E-state index in [1.165, 1.54) is 0 Å². The third-order valence-electron chi connectivity index (χ3n) is 2.81. The molecule has 0 aliphatic heterocycles. The lowest BCUT2D eigenvalue weighted by molar-refractivity contribution is -0.315. The summed E-state index contributed by atoms with van der Waals surface area (Å²) < 4.78 is 0. The van der Waals surface area contributed by atoms with Crippen LogP contribution in [0.3, 0.4) is 0 Å². The SMILES string of the molecule is CC(C)C[C@@](CO)(NC(=O)c1ccccc1)C(=O)[O-]. The zero-order valence-electron chi connectivity index (χ0n) is 11.1. The largest absolute Gasteiger partial charge is 0.547 e. The number of aliphatic carboxylic acids is 1. The number of rotatable bonds is 6. The number of nitrogens with one attached hydrogen (secondary N) is 1. The van der Waals surface area contributed by atoms with Crippen molar-refractivity contribution in [2.75, 3.05) is 6.61 Å². The Morgan fingerprint density at radius 1 is 1.32 bits per heavy atom. The Morgan fingerprint density at radius 2 is 1.89 bits per heavy atom. The number of carboxylic acid groups (broad SMARTS) is 1. The highest BCUT2D eigenvalue weighted by Crippen LogP contribution is 2.17. The molecular formula is C14H18NO4-. The molecule has 0 spiro atoms. The number of amides is 1. The number of aliphatic hydroxyl groups excluding tert-OH is 1. The van der Waals surface area contributed by atoms with Gasteiger partial charge in [-0.25, -0.2) is 0 Å². The molecule has 1 atom stereocenters. The van der Waals surface area contributed by atoms with E-state index in [1.807, 2.05) is 13.8 Å². The third-order valence-corrected chi connectivity index (χ3v) is 2.81. The summed E-state index contributed by atoms with van der Waals surface area (Å²) in [7, 11) is 0. The highest BCUT2D eigenvalue weighted by Gasteiger charge is 2.34. The molecule has 0 saturated heterocycles. The van der Waals surface area contributed by atoms with Gasteiger partial charge in [-0.1, -0.05) is 32.0 Å². The lowest BCUT2D eigenvalue weighted by Crippen LogP contribution is -2.63. The summed E-state index contributed by atoms with van der Waals surface area (Å²) in [4.78, 5) is 23.3. The lowest BCUT2D eigenvalue weighted by Gasteiger charge is -2.35. The van der Waals surface area contributed by atoms with Crippen molar-refractivity contribution in [3.8, 4) is 0 Å². The quantitative estimate of drug-likeness (QED) is 0.753. The summed E-state index contributed by atoms with van der Waals surface area (Å²) in [6, 6.07) is 8.25. The van der Waals surface area contributed by atoms with Crippen molar-refractivity contribution in [2.24, 2.45) is 5.92 Å². The molecule has 2 N–H and O–H groups in total. The zero-order chi connectivity index (χ0) is 14.5. The van der Waals surface area contributed by atoms with Crippen molar-refractivity contribution in [3.05, 3.63) is 35.9 Å². The number of aliphatic hydroxyl groups is 1. The molecule has 5 heteroatoms. The maximum Gasteiger partial charge on any atom is 0.252 e. The van der Waals surface area contributed by atoms with Crippen LogP contribution in [0.5, 0.6) is 0 Å². The van der Waals surface area contributed by atoms with Crippen molar-refractivity contribution >= 4 is 11.9 Å². The molecule has 0 heterocycles. The first-order valence-electron chi connectivity index (χ1n) is 6.11. The Kier molecular flexibility index (Phi) is 5.06. The van der Waals surface area contributed by atoms with Crippen molar-refractivity contribution in [3.63, 3.8) is 0 Å². The summed E-state index contributed by atoms with van der Waals surface area (Å²) in [5.41, 5.74) is -1.41. The van der Waals surface area contributed by atoms with Gasteiger partial charge in [0.25, 0.3) is 5.91 Å². The van der Waals surface area contributed by atoms with Gasteiger partial charge in [-0.05, 0) is 24.5 Å². The summed E-state index contributed by atoms with van der Waals surface area (Å²) >= 11 is 0. The molecule has 1 amide bonds. The number of carbonyl (C=O) groups is 2. The van der Waals surface area contributed by atoms with Crippen LogP contribution >= 0.6 is 0 Å². The molecule has 1 rings (SSSR count). The Balaban J connectivity index is 2.95. The monoisotopic (exact) mass is 264 g/mol. The van der Waals surface area contributed by atoms with E-state index in [4.69, 9.17) is 0 Å². The van der Waals surface area contributed by atoms with Crippen molar-refractivity contribution in [1.82, 2.24) is 5.32 Å². The van der Waals surface area contributed by atoms with E-state index in [0.717, 1.165) is 0 Å². The molecule has 0 bridgehead atoms. The highest BCUT2D eigenvalue weighted by molar-refractivity contribution is 5.97. The molecule has 0 fully saturated rings. The van der Waals surface area contributed by atoms with Gasteiger partial charge in [0.05, 0.1) is 12.6 Å². The smallest absolute Gasteiger partial charge is 0.252 e. The van der Waals surface area contributed by atoms with Crippen LogP contribution in [0.4, 0.5) is 0 Å². The number of carbonyl (C=O) groups excluding carboxylic acids is 2. The number of benzene rings is 1. The van der Waals surface area contributed by atoms with Gasteiger partial charge in [-0.3, -0.25) is 4.79 Å². The number of hydrogen-bond donors (Lipinski definition) is 2. The van der Waals surface area contributed by atoms with Crippen LogP contribution in [0, 0.1) is 5.92 Å². The fourth-order valence-electron chi connectivity index (χ4n) is 1.93. The third kappa shape index (κ3) is 3.79. The molecule has 1 aromatic carbocycles. The van der Waals surface area contributed by atoms with E-state index in [-0.39, 0.29) is 12.3 Å². The molecule has 0 unspecified atom stereocenters. The van der Waals surface area contributed by atoms with Crippen LogP contribution in [0.15, 0.2) is 30.3 Å². The molecule has 0 aliphatic carbocycles. The minimum Gasteiger partial charge on any atom is -0.547 e. The first-order valence-corrected chi connectivity index (χ1v) is 6.11. The van der Waals surface area contributed by atoms with Crippen LogP contribution in [0.1, 0.15) is 30.6 Å². The molecule has 5 nitrogen and oxygen atoms in total. The molecule has 0 aromatic heterocycles. The normalized spacial score (nSPS) is 13.9. The fourth-order valence-corrected chi connectivity index (χ4v) is 1.93. The topological polar surface area (TPSA) is 89.5 Å². The first-order chi connectivity index (χ1) is 8.91. The molecule has 19 heavy (non-hydrogen) atoms. The van der Waals surface area contributed by atoms with Crippen LogP contribution < -0.4 is 10.4 Å².